The van der Waals surface area contributed by atoms with Gasteiger partial charge in [0.05, 0.1) is 17.6 Å². The fourth-order valence-electron chi connectivity index (χ4n) is 6.44. The Hall–Kier alpha value is -2.87. The van der Waals surface area contributed by atoms with E-state index in [-0.39, 0.29) is 23.7 Å². The summed E-state index contributed by atoms with van der Waals surface area (Å²) in [7, 11) is 0. The van der Waals surface area contributed by atoms with Crippen LogP contribution in [0, 0.1) is 11.7 Å². The van der Waals surface area contributed by atoms with Crippen LogP contribution in [0.3, 0.4) is 0 Å². The van der Waals surface area contributed by atoms with Crippen LogP contribution < -0.4 is 4.90 Å². The molecule has 0 saturated carbocycles. The smallest absolute Gasteiger partial charge is 0.312 e. The van der Waals surface area contributed by atoms with Crippen LogP contribution in [0.2, 0.25) is 5.02 Å². The third-order valence-corrected chi connectivity index (χ3v) is 10.5. The highest BCUT2D eigenvalue weighted by Crippen LogP contribution is 2.43. The summed E-state index contributed by atoms with van der Waals surface area (Å²) in [5.74, 6) is 0.420. The topological polar surface area (TPSA) is 43.9 Å². The lowest BCUT2D eigenvalue weighted by Gasteiger charge is -2.32. The third kappa shape index (κ3) is 6.69. The maximum absolute atomic E-state index is 14.1. The molecule has 0 bridgehead atoms. The molecule has 3 aliphatic heterocycles. The number of halogens is 2. The van der Waals surface area contributed by atoms with E-state index >= 15 is 0 Å². The highest BCUT2D eigenvalue weighted by Gasteiger charge is 2.38. The molecule has 0 aliphatic carbocycles. The number of ketones is 1. The summed E-state index contributed by atoms with van der Waals surface area (Å²) >= 11 is 8.08. The Bertz CT molecular complexity index is 1430. The minimum absolute atomic E-state index is 0.0580. The van der Waals surface area contributed by atoms with Gasteiger partial charge in [-0.3, -0.25) is 9.69 Å². The monoisotopic (exact) mass is 605 g/mol. The number of benzene rings is 3. The van der Waals surface area contributed by atoms with Crippen LogP contribution in [-0.2, 0) is 13.0 Å². The first-order valence-electron chi connectivity index (χ1n) is 15.1. The fourth-order valence-corrected chi connectivity index (χ4v) is 7.95. The molecule has 8 heteroatoms. The summed E-state index contributed by atoms with van der Waals surface area (Å²) < 4.78 is 14.1. The molecule has 0 spiro atoms. The van der Waals surface area contributed by atoms with Crippen molar-refractivity contribution in [3.8, 4) is 0 Å². The number of nitrogens with zero attached hydrogens (tertiary/aromatic N) is 3. The maximum atomic E-state index is 14.1. The van der Waals surface area contributed by atoms with Crippen molar-refractivity contribution in [1.29, 1.82) is 0 Å². The van der Waals surface area contributed by atoms with Crippen LogP contribution in [0.25, 0.3) is 0 Å². The number of anilines is 1. The van der Waals surface area contributed by atoms with E-state index in [2.05, 4.69) is 35.2 Å². The van der Waals surface area contributed by atoms with E-state index in [1.54, 1.807) is 16.7 Å². The van der Waals surface area contributed by atoms with Gasteiger partial charge in [-0.15, -0.1) is 0 Å². The van der Waals surface area contributed by atoms with Crippen LogP contribution in [0.4, 0.5) is 14.9 Å². The lowest BCUT2D eigenvalue weighted by Crippen LogP contribution is -2.43. The highest BCUT2D eigenvalue weighted by atomic mass is 35.5. The van der Waals surface area contributed by atoms with Crippen molar-refractivity contribution in [2.45, 2.75) is 61.8 Å². The number of fused-ring (bicyclic) bond motifs is 2. The molecule has 220 valence electrons. The standard InChI is InChI=1S/C34H37ClFN3O2S/c35-29-12-11-28(36)21-27(29)23-39-30-22-26(10-13-32(30)42-33-9-5-17-38(33)34(39)41)31(40)8-4-16-37-18-14-25(15-19-37)20-24-6-2-1-3-7-24/h1-3,6-7,10-13,21-22,25,33H,4-5,8-9,14-20,23H2/t33-/m0/s1. The summed E-state index contributed by atoms with van der Waals surface area (Å²) in [5, 5.41) is 0.472. The van der Waals surface area contributed by atoms with E-state index in [0.717, 1.165) is 56.1 Å². The van der Waals surface area contributed by atoms with Crippen LogP contribution in [0.5, 0.6) is 0 Å². The van der Waals surface area contributed by atoms with Gasteiger partial charge in [0.15, 0.2) is 5.78 Å². The minimum Gasteiger partial charge on any atom is -0.312 e. The van der Waals surface area contributed by atoms with Crippen molar-refractivity contribution >= 4 is 40.9 Å². The van der Waals surface area contributed by atoms with Gasteiger partial charge < -0.3 is 9.80 Å². The molecule has 0 aromatic heterocycles. The Morgan fingerprint density at radius 3 is 2.60 bits per heavy atom. The highest BCUT2D eigenvalue weighted by molar-refractivity contribution is 8.00. The first-order valence-corrected chi connectivity index (χ1v) is 16.3. The van der Waals surface area contributed by atoms with Gasteiger partial charge in [0.1, 0.15) is 5.82 Å². The fraction of sp³-hybridized carbons (Fsp3) is 0.412. The van der Waals surface area contributed by atoms with Crippen LogP contribution >= 0.6 is 23.4 Å². The molecular formula is C34H37ClFN3O2S. The quantitative estimate of drug-likeness (QED) is 0.232. The van der Waals surface area contributed by atoms with Gasteiger partial charge in [0.25, 0.3) is 0 Å². The van der Waals surface area contributed by atoms with E-state index < -0.39 is 5.82 Å². The SMILES string of the molecule is O=C(CCCN1CCC(Cc2ccccc2)CC1)c1ccc2c(c1)N(Cc1cc(F)ccc1Cl)C(=O)N1CCC[C@@H]1S2. The van der Waals surface area contributed by atoms with Gasteiger partial charge in [-0.05, 0) is 106 Å². The molecule has 2 amide bonds. The third-order valence-electron chi connectivity index (χ3n) is 8.80. The van der Waals surface area contributed by atoms with Crippen molar-refractivity contribution in [3.05, 3.63) is 94.3 Å². The number of hydrogen-bond donors (Lipinski definition) is 0. The maximum Gasteiger partial charge on any atom is 0.325 e. The van der Waals surface area contributed by atoms with Gasteiger partial charge in [0, 0.05) is 28.4 Å². The molecule has 42 heavy (non-hydrogen) atoms. The molecule has 0 radical (unpaired) electrons. The van der Waals surface area contributed by atoms with Crippen molar-refractivity contribution < 1.29 is 14.0 Å². The first kappa shape index (κ1) is 29.2. The Morgan fingerprint density at radius 1 is 0.976 bits per heavy atom. The Kier molecular flexibility index (Phi) is 9.17. The number of Topliss-reactive ketones (excluding diaryl/α,β-unsaturated/α-hetero) is 1. The van der Waals surface area contributed by atoms with E-state index in [1.165, 1.54) is 36.6 Å². The second-order valence-electron chi connectivity index (χ2n) is 11.7. The second-order valence-corrected chi connectivity index (χ2v) is 13.3. The van der Waals surface area contributed by atoms with E-state index in [0.29, 0.717) is 34.8 Å². The van der Waals surface area contributed by atoms with Crippen molar-refractivity contribution in [2.75, 3.05) is 31.1 Å². The normalized spacial score (nSPS) is 19.5. The van der Waals surface area contributed by atoms with Crippen molar-refractivity contribution in [3.63, 3.8) is 0 Å². The van der Waals surface area contributed by atoms with E-state index in [1.807, 2.05) is 23.1 Å². The van der Waals surface area contributed by atoms with Gasteiger partial charge >= 0.3 is 6.03 Å². The molecular weight excluding hydrogens is 569 g/mol. The summed E-state index contributed by atoms with van der Waals surface area (Å²) in [6.07, 6.45) is 6.70. The number of piperidine rings is 1. The van der Waals surface area contributed by atoms with Crippen LogP contribution in [0.15, 0.2) is 71.6 Å². The van der Waals surface area contributed by atoms with Crippen molar-refractivity contribution in [2.24, 2.45) is 5.92 Å². The zero-order chi connectivity index (χ0) is 29.1. The van der Waals surface area contributed by atoms with Crippen molar-refractivity contribution in [1.82, 2.24) is 9.80 Å². The minimum atomic E-state index is -0.394. The largest absolute Gasteiger partial charge is 0.325 e. The van der Waals surface area contributed by atoms with E-state index in [9.17, 15) is 14.0 Å². The zero-order valence-electron chi connectivity index (χ0n) is 23.8. The molecule has 3 aromatic rings. The molecule has 5 nitrogen and oxygen atoms in total. The molecule has 2 saturated heterocycles. The van der Waals surface area contributed by atoms with E-state index in [4.69, 9.17) is 11.6 Å². The average molecular weight is 606 g/mol. The number of urea groups is 1. The predicted octanol–water partition coefficient (Wildman–Crippen LogP) is 8.05. The molecule has 3 aliphatic rings. The summed E-state index contributed by atoms with van der Waals surface area (Å²) in [4.78, 5) is 34.1. The summed E-state index contributed by atoms with van der Waals surface area (Å²) in [6.45, 7) is 3.92. The molecule has 0 N–H and O–H groups in total. The predicted molar refractivity (Wildman–Crippen MR) is 168 cm³/mol. The molecule has 1 atom stereocenters. The Morgan fingerprint density at radius 2 is 1.79 bits per heavy atom. The van der Waals surface area contributed by atoms with Gasteiger partial charge in [0.2, 0.25) is 0 Å². The zero-order valence-corrected chi connectivity index (χ0v) is 25.4. The molecule has 3 heterocycles. The number of likely N-dealkylation sites (tertiary alicyclic amines) is 1. The first-order chi connectivity index (χ1) is 20.4. The summed E-state index contributed by atoms with van der Waals surface area (Å²) in [6, 6.07) is 20.6. The number of hydrogen-bond acceptors (Lipinski definition) is 4. The average Bonchev–Trinajstić information content (AvgIpc) is 3.43. The Balaban J connectivity index is 1.10. The van der Waals surface area contributed by atoms with Gasteiger partial charge in [-0.25, -0.2) is 9.18 Å². The molecule has 6 rings (SSSR count). The molecule has 3 aromatic carbocycles. The van der Waals surface area contributed by atoms with Crippen LogP contribution in [-0.4, -0.2) is 53.2 Å². The molecule has 2 fully saturated rings. The van der Waals surface area contributed by atoms with Crippen LogP contribution in [0.1, 0.15) is 60.0 Å². The number of carbonyl (C=O) groups excluding carboxylic acids is 2. The Labute approximate surface area is 257 Å². The second kappa shape index (κ2) is 13.2. The lowest BCUT2D eigenvalue weighted by atomic mass is 9.90. The number of thioether (sulfide) groups is 1. The molecule has 0 unspecified atom stereocenters. The number of amides is 2. The summed E-state index contributed by atoms with van der Waals surface area (Å²) in [5.41, 5.74) is 3.27. The number of carbonyl (C=O) groups is 2. The van der Waals surface area contributed by atoms with Gasteiger partial charge in [-0.2, -0.15) is 0 Å². The number of rotatable bonds is 9. The lowest BCUT2D eigenvalue weighted by molar-refractivity contribution is 0.0970. The van der Waals surface area contributed by atoms with Gasteiger partial charge in [-0.1, -0.05) is 59.8 Å².